The Hall–Kier alpha value is -3.51. The lowest BCUT2D eigenvalue weighted by atomic mass is 9.99. The number of hydrogen-bond donors (Lipinski definition) is 0. The van der Waals surface area contributed by atoms with E-state index in [1.54, 1.807) is 18.2 Å². The van der Waals surface area contributed by atoms with E-state index in [4.69, 9.17) is 4.74 Å². The molecule has 0 N–H and O–H groups in total. The van der Waals surface area contributed by atoms with Gasteiger partial charge < -0.3 is 14.0 Å². The fourth-order valence-corrected chi connectivity index (χ4v) is 5.00. The highest BCUT2D eigenvalue weighted by Gasteiger charge is 2.52. The number of nitrogens with zero attached hydrogens (tertiary/aromatic N) is 1. The van der Waals surface area contributed by atoms with Gasteiger partial charge in [-0.1, -0.05) is 58.4 Å². The lowest BCUT2D eigenvalue weighted by Crippen LogP contribution is -2.41. The first-order chi connectivity index (χ1) is 21.9. The lowest BCUT2D eigenvalue weighted by Gasteiger charge is -2.26. The standard InChI is InChI=1S/C35H43F6NO5/c1-7-8-9-10-26-11-14-29(25(6)19-26)31-20-27-12-13-28(21-30(27)42(31)22-23(2)3)44-17-15-33(36,37)46-35(40,41)47-34(38,39)16-18-45-32(43)24(4)5/h11-14,19-21,23H,4,7-10,15-18,22H2,1-3,5-6H3. The fraction of sp³-hybridized carbons (Fsp3) is 0.514. The van der Waals surface area contributed by atoms with Crippen LogP contribution in [-0.4, -0.2) is 42.3 Å². The van der Waals surface area contributed by atoms with Gasteiger partial charge in [0.1, 0.15) is 5.75 Å². The van der Waals surface area contributed by atoms with Gasteiger partial charge in [-0.15, -0.1) is 8.78 Å². The molecule has 0 aliphatic heterocycles. The van der Waals surface area contributed by atoms with Crippen molar-refractivity contribution < 1.29 is 50.1 Å². The summed E-state index contributed by atoms with van der Waals surface area (Å²) in [6, 6.07) is 13.6. The zero-order valence-electron chi connectivity index (χ0n) is 27.4. The van der Waals surface area contributed by atoms with Crippen molar-refractivity contribution in [3.63, 3.8) is 0 Å². The molecule has 0 aliphatic carbocycles. The van der Waals surface area contributed by atoms with Crippen LogP contribution in [0, 0.1) is 12.8 Å². The van der Waals surface area contributed by atoms with Crippen molar-refractivity contribution in [3.8, 4) is 17.0 Å². The van der Waals surface area contributed by atoms with Gasteiger partial charge in [-0.05, 0) is 61.9 Å². The number of rotatable bonds is 19. The molecule has 6 nitrogen and oxygen atoms in total. The summed E-state index contributed by atoms with van der Waals surface area (Å²) in [4.78, 5) is 11.3. The van der Waals surface area contributed by atoms with Gasteiger partial charge >= 0.3 is 24.5 Å². The normalized spacial score (nSPS) is 12.6. The van der Waals surface area contributed by atoms with Crippen molar-refractivity contribution in [1.82, 2.24) is 4.57 Å². The zero-order valence-corrected chi connectivity index (χ0v) is 27.4. The van der Waals surface area contributed by atoms with Crippen molar-refractivity contribution in [1.29, 1.82) is 0 Å². The first kappa shape index (κ1) is 37.9. The molecule has 0 saturated carbocycles. The molecule has 2 aromatic carbocycles. The number of esters is 1. The van der Waals surface area contributed by atoms with Gasteiger partial charge in [-0.2, -0.15) is 17.6 Å². The van der Waals surface area contributed by atoms with Crippen LogP contribution >= 0.6 is 0 Å². The Morgan fingerprint density at radius 1 is 0.915 bits per heavy atom. The summed E-state index contributed by atoms with van der Waals surface area (Å²) >= 11 is 0. The van der Waals surface area contributed by atoms with Crippen LogP contribution in [0.4, 0.5) is 26.3 Å². The third-order valence-electron chi connectivity index (χ3n) is 7.23. The Labute approximate surface area is 271 Å². The second-order valence-electron chi connectivity index (χ2n) is 12.1. The molecule has 3 rings (SSSR count). The third-order valence-corrected chi connectivity index (χ3v) is 7.23. The highest BCUT2D eigenvalue weighted by atomic mass is 19.3. The summed E-state index contributed by atoms with van der Waals surface area (Å²) in [5.74, 6) is -0.535. The molecule has 0 saturated heterocycles. The summed E-state index contributed by atoms with van der Waals surface area (Å²) in [6.45, 7) is 11.8. The molecule has 0 unspecified atom stereocenters. The molecule has 0 radical (unpaired) electrons. The van der Waals surface area contributed by atoms with Crippen LogP contribution in [0.5, 0.6) is 5.75 Å². The zero-order chi connectivity index (χ0) is 35.0. The van der Waals surface area contributed by atoms with Crippen LogP contribution in [0.25, 0.3) is 22.2 Å². The Balaban J connectivity index is 1.68. The highest BCUT2D eigenvalue weighted by molar-refractivity contribution is 5.89. The second-order valence-corrected chi connectivity index (χ2v) is 12.1. The van der Waals surface area contributed by atoms with E-state index in [2.05, 4.69) is 77.3 Å². The number of halogens is 6. The summed E-state index contributed by atoms with van der Waals surface area (Å²) < 4.78 is 102. The Kier molecular flexibility index (Phi) is 13.0. The van der Waals surface area contributed by atoms with Gasteiger partial charge in [0.15, 0.2) is 0 Å². The first-order valence-corrected chi connectivity index (χ1v) is 15.6. The average Bonchev–Trinajstić information content (AvgIpc) is 3.28. The quantitative estimate of drug-likeness (QED) is 0.0418. The SMILES string of the molecule is C=C(C)C(=O)OCCC(F)(F)OC(F)(F)OC(F)(F)CCOc1ccc2cc(-c3ccc(CCCCC)cc3C)n(CC(C)C)c2c1. The molecule has 1 heterocycles. The van der Waals surface area contributed by atoms with Crippen LogP contribution in [-0.2, 0) is 32.0 Å². The predicted octanol–water partition coefficient (Wildman–Crippen LogP) is 10.1. The molecule has 47 heavy (non-hydrogen) atoms. The average molecular weight is 672 g/mol. The predicted molar refractivity (Wildman–Crippen MR) is 168 cm³/mol. The van der Waals surface area contributed by atoms with E-state index in [0.29, 0.717) is 6.54 Å². The summed E-state index contributed by atoms with van der Waals surface area (Å²) in [5.41, 5.74) is 5.18. The molecule has 0 bridgehead atoms. The van der Waals surface area contributed by atoms with E-state index >= 15 is 0 Å². The number of unbranched alkanes of at least 4 members (excludes halogenated alkanes) is 2. The number of ether oxygens (including phenoxy) is 4. The van der Waals surface area contributed by atoms with E-state index in [9.17, 15) is 31.1 Å². The molecule has 1 aromatic heterocycles. The summed E-state index contributed by atoms with van der Waals surface area (Å²) in [7, 11) is 0. The number of benzene rings is 2. The van der Waals surface area contributed by atoms with E-state index in [0.717, 1.165) is 47.0 Å². The van der Waals surface area contributed by atoms with E-state index in [1.165, 1.54) is 18.9 Å². The molecule has 0 aliphatic rings. The van der Waals surface area contributed by atoms with E-state index in [-0.39, 0.29) is 17.2 Å². The molecule has 260 valence electrons. The largest absolute Gasteiger partial charge is 0.494 e. The molecule has 3 aromatic rings. The van der Waals surface area contributed by atoms with Crippen molar-refractivity contribution in [3.05, 3.63) is 65.7 Å². The first-order valence-electron chi connectivity index (χ1n) is 15.6. The maximum Gasteiger partial charge on any atom is 0.494 e. The van der Waals surface area contributed by atoms with Crippen molar-refractivity contribution in [2.24, 2.45) is 5.92 Å². The minimum atomic E-state index is -5.36. The minimum Gasteiger partial charge on any atom is -0.493 e. The van der Waals surface area contributed by atoms with E-state index in [1.807, 2.05) is 0 Å². The van der Waals surface area contributed by atoms with Gasteiger partial charge in [0.25, 0.3) is 0 Å². The van der Waals surface area contributed by atoms with Gasteiger partial charge in [0.2, 0.25) is 0 Å². The molecule has 0 spiro atoms. The molecular formula is C35H43F6NO5. The minimum absolute atomic E-state index is 0.104. The van der Waals surface area contributed by atoms with Crippen LogP contribution in [0.3, 0.4) is 0 Å². The van der Waals surface area contributed by atoms with Crippen LogP contribution < -0.4 is 4.74 Å². The van der Waals surface area contributed by atoms with Gasteiger partial charge in [-0.3, -0.25) is 0 Å². The molecular weight excluding hydrogens is 628 g/mol. The Morgan fingerprint density at radius 2 is 1.57 bits per heavy atom. The second kappa shape index (κ2) is 16.1. The smallest absolute Gasteiger partial charge is 0.493 e. The fourth-order valence-electron chi connectivity index (χ4n) is 5.00. The number of aryl methyl sites for hydroxylation is 2. The van der Waals surface area contributed by atoms with Crippen LogP contribution in [0.2, 0.25) is 0 Å². The van der Waals surface area contributed by atoms with Crippen LogP contribution in [0.15, 0.2) is 54.6 Å². The number of aromatic nitrogens is 1. The van der Waals surface area contributed by atoms with Gasteiger partial charge in [-0.25, -0.2) is 14.3 Å². The number of carbonyl (C=O) groups excluding carboxylic acids is 1. The summed E-state index contributed by atoms with van der Waals surface area (Å²) in [6.07, 6.45) is -13.0. The monoisotopic (exact) mass is 671 g/mol. The molecule has 0 fully saturated rings. The third kappa shape index (κ3) is 11.6. The highest BCUT2D eigenvalue weighted by Crippen LogP contribution is 2.37. The van der Waals surface area contributed by atoms with Crippen molar-refractivity contribution in [2.75, 3.05) is 13.2 Å². The maximum atomic E-state index is 14.3. The molecule has 0 amide bonds. The number of fused-ring (bicyclic) bond motifs is 1. The molecule has 0 atom stereocenters. The summed E-state index contributed by atoms with van der Waals surface area (Å²) in [5, 5.41) is 0.903. The van der Waals surface area contributed by atoms with Gasteiger partial charge in [0.05, 0.1) is 31.6 Å². The lowest BCUT2D eigenvalue weighted by molar-refractivity contribution is -0.514. The van der Waals surface area contributed by atoms with Crippen molar-refractivity contribution >= 4 is 16.9 Å². The van der Waals surface area contributed by atoms with Crippen LogP contribution in [0.1, 0.15) is 70.9 Å². The van der Waals surface area contributed by atoms with Crippen molar-refractivity contribution in [2.45, 2.75) is 98.2 Å². The van der Waals surface area contributed by atoms with E-state index < -0.39 is 50.5 Å². The topological polar surface area (TPSA) is 58.9 Å². The number of carbonyl (C=O) groups is 1. The number of hydrogen-bond acceptors (Lipinski definition) is 5. The maximum absolute atomic E-state index is 14.3. The van der Waals surface area contributed by atoms with Gasteiger partial charge in [0, 0.05) is 34.8 Å². The number of alkyl halides is 6. The Bertz CT molecular complexity index is 1520. The Morgan fingerprint density at radius 3 is 2.17 bits per heavy atom. The molecule has 12 heteroatoms.